The van der Waals surface area contributed by atoms with Crippen molar-refractivity contribution in [2.45, 2.75) is 58.7 Å². The van der Waals surface area contributed by atoms with Gasteiger partial charge in [-0.3, -0.25) is 0 Å². The molecular weight excluding hydrogens is 458 g/mol. The van der Waals surface area contributed by atoms with Crippen molar-refractivity contribution in [3.63, 3.8) is 0 Å². The molecular formula is C27H31N5O4. The number of likely N-dealkylation sites (tertiary alicyclic amines) is 1. The minimum atomic E-state index is -0.252. The van der Waals surface area contributed by atoms with Crippen LogP contribution in [0.4, 0.5) is 4.79 Å². The highest BCUT2D eigenvalue weighted by Gasteiger charge is 2.25. The van der Waals surface area contributed by atoms with Gasteiger partial charge in [0.1, 0.15) is 17.7 Å². The third kappa shape index (κ3) is 5.05. The van der Waals surface area contributed by atoms with E-state index in [0.29, 0.717) is 24.8 Å². The average molecular weight is 490 g/mol. The molecule has 1 fully saturated rings. The highest BCUT2D eigenvalue weighted by molar-refractivity contribution is 5.85. The molecule has 3 aromatic heterocycles. The number of fused-ring (bicyclic) bond motifs is 1. The third-order valence-electron chi connectivity index (χ3n) is 6.20. The first-order valence-corrected chi connectivity index (χ1v) is 12.4. The van der Waals surface area contributed by atoms with Gasteiger partial charge in [0.15, 0.2) is 5.82 Å². The van der Waals surface area contributed by atoms with Crippen molar-refractivity contribution < 1.29 is 18.8 Å². The Morgan fingerprint density at radius 1 is 1.08 bits per heavy atom. The Bertz CT molecular complexity index is 1330. The van der Waals surface area contributed by atoms with Gasteiger partial charge in [0, 0.05) is 49.0 Å². The number of ether oxygens (including phenoxy) is 2. The van der Waals surface area contributed by atoms with Crippen LogP contribution in [0, 0.1) is 0 Å². The molecule has 0 unspecified atom stereocenters. The minimum Gasteiger partial charge on any atom is -0.489 e. The molecule has 0 aliphatic carbocycles. The number of hydrogen-bond donors (Lipinski definition) is 0. The summed E-state index contributed by atoms with van der Waals surface area (Å²) < 4.78 is 18.9. The molecule has 9 heteroatoms. The summed E-state index contributed by atoms with van der Waals surface area (Å²) in [4.78, 5) is 22.9. The van der Waals surface area contributed by atoms with Crippen LogP contribution in [0.25, 0.3) is 28.2 Å². The van der Waals surface area contributed by atoms with Crippen LogP contribution in [-0.2, 0) is 4.74 Å². The topological polar surface area (TPSA) is 95.5 Å². The number of nitrogens with zero attached hydrogens (tertiary/aromatic N) is 5. The first kappa shape index (κ1) is 23.8. The fourth-order valence-electron chi connectivity index (χ4n) is 4.27. The summed E-state index contributed by atoms with van der Waals surface area (Å²) in [6, 6.07) is 12.0. The zero-order valence-corrected chi connectivity index (χ0v) is 21.0. The van der Waals surface area contributed by atoms with Crippen LogP contribution in [0.1, 0.15) is 52.3 Å². The number of carbonyl (C=O) groups is 1. The number of aromatic nitrogens is 4. The van der Waals surface area contributed by atoms with Gasteiger partial charge >= 0.3 is 6.09 Å². The van der Waals surface area contributed by atoms with Gasteiger partial charge in [0.25, 0.3) is 5.89 Å². The zero-order chi connectivity index (χ0) is 25.2. The van der Waals surface area contributed by atoms with Gasteiger partial charge in [0.05, 0.1) is 17.8 Å². The van der Waals surface area contributed by atoms with Crippen LogP contribution >= 0.6 is 0 Å². The highest BCUT2D eigenvalue weighted by Crippen LogP contribution is 2.27. The van der Waals surface area contributed by atoms with Crippen molar-refractivity contribution in [3.8, 4) is 23.0 Å². The Morgan fingerprint density at radius 3 is 2.56 bits per heavy atom. The summed E-state index contributed by atoms with van der Waals surface area (Å²) in [6.07, 6.45) is 4.96. The summed E-state index contributed by atoms with van der Waals surface area (Å²) in [6.45, 7) is 9.04. The first-order valence-electron chi connectivity index (χ1n) is 12.4. The molecule has 1 saturated heterocycles. The van der Waals surface area contributed by atoms with Crippen molar-refractivity contribution in [1.82, 2.24) is 24.6 Å². The molecule has 0 bridgehead atoms. The van der Waals surface area contributed by atoms with Crippen molar-refractivity contribution in [3.05, 3.63) is 54.6 Å². The number of rotatable bonds is 6. The van der Waals surface area contributed by atoms with E-state index in [0.717, 1.165) is 40.9 Å². The second-order valence-electron chi connectivity index (χ2n) is 9.66. The SMILES string of the molecule is CC(C)OC(=O)N1CCC(Oc2ccc(-n3ccc4cc(-c5nc(C(C)C)no5)ccc43)nc2)CC1. The van der Waals surface area contributed by atoms with E-state index in [4.69, 9.17) is 14.0 Å². The smallest absolute Gasteiger partial charge is 0.410 e. The van der Waals surface area contributed by atoms with Gasteiger partial charge in [-0.15, -0.1) is 0 Å². The molecule has 1 amide bonds. The molecule has 0 atom stereocenters. The van der Waals surface area contributed by atoms with E-state index in [2.05, 4.69) is 15.1 Å². The van der Waals surface area contributed by atoms with Crippen LogP contribution < -0.4 is 4.74 Å². The summed E-state index contributed by atoms with van der Waals surface area (Å²) >= 11 is 0. The van der Waals surface area contributed by atoms with Gasteiger partial charge in [-0.25, -0.2) is 9.78 Å². The van der Waals surface area contributed by atoms with E-state index < -0.39 is 0 Å². The molecule has 0 radical (unpaired) electrons. The molecule has 1 aromatic carbocycles. The molecule has 9 nitrogen and oxygen atoms in total. The molecule has 0 N–H and O–H groups in total. The number of amides is 1. The third-order valence-corrected chi connectivity index (χ3v) is 6.20. The number of carbonyl (C=O) groups excluding carboxylic acids is 1. The molecule has 4 aromatic rings. The lowest BCUT2D eigenvalue weighted by Gasteiger charge is -2.31. The molecule has 5 rings (SSSR count). The van der Waals surface area contributed by atoms with E-state index in [9.17, 15) is 4.79 Å². The summed E-state index contributed by atoms with van der Waals surface area (Å²) in [5, 5.41) is 5.12. The Labute approximate surface area is 210 Å². The Hall–Kier alpha value is -3.88. The maximum Gasteiger partial charge on any atom is 0.410 e. The van der Waals surface area contributed by atoms with Gasteiger partial charge < -0.3 is 23.5 Å². The number of benzene rings is 1. The fraction of sp³-hybridized carbons (Fsp3) is 0.407. The van der Waals surface area contributed by atoms with Crippen LogP contribution in [0.2, 0.25) is 0 Å². The maximum absolute atomic E-state index is 12.1. The summed E-state index contributed by atoms with van der Waals surface area (Å²) in [5.74, 6) is 2.96. The lowest BCUT2D eigenvalue weighted by molar-refractivity contribution is 0.0516. The number of pyridine rings is 1. The standard InChI is InChI=1S/C27H31N5O4/c1-17(2)25-29-26(36-30-25)20-5-7-23-19(15-20)9-14-32(23)24-8-6-22(16-28-24)35-21-10-12-31(13-11-21)27(33)34-18(3)4/h5-9,14-18,21H,10-13H2,1-4H3. The number of piperidine rings is 1. The monoisotopic (exact) mass is 489 g/mol. The van der Waals surface area contributed by atoms with Gasteiger partial charge in [-0.2, -0.15) is 4.98 Å². The lowest BCUT2D eigenvalue weighted by Crippen LogP contribution is -2.42. The largest absolute Gasteiger partial charge is 0.489 e. The van der Waals surface area contributed by atoms with Crippen molar-refractivity contribution >= 4 is 17.0 Å². The zero-order valence-electron chi connectivity index (χ0n) is 21.0. The van der Waals surface area contributed by atoms with E-state index in [1.54, 1.807) is 11.1 Å². The van der Waals surface area contributed by atoms with Gasteiger partial charge in [-0.05, 0) is 50.2 Å². The normalized spacial score (nSPS) is 14.7. The quantitative estimate of drug-likeness (QED) is 0.348. The molecule has 188 valence electrons. The predicted octanol–water partition coefficient (Wildman–Crippen LogP) is 5.59. The molecule has 0 saturated carbocycles. The van der Waals surface area contributed by atoms with Gasteiger partial charge in [-0.1, -0.05) is 19.0 Å². The van der Waals surface area contributed by atoms with Crippen molar-refractivity contribution in [1.29, 1.82) is 0 Å². The van der Waals surface area contributed by atoms with Crippen LogP contribution in [0.5, 0.6) is 5.75 Å². The van der Waals surface area contributed by atoms with E-state index >= 15 is 0 Å². The van der Waals surface area contributed by atoms with Crippen molar-refractivity contribution in [2.24, 2.45) is 0 Å². The van der Waals surface area contributed by atoms with E-state index in [1.165, 1.54) is 0 Å². The van der Waals surface area contributed by atoms with Gasteiger partial charge in [0.2, 0.25) is 0 Å². The summed E-state index contributed by atoms with van der Waals surface area (Å²) in [5.41, 5.74) is 1.92. The Morgan fingerprint density at radius 2 is 1.89 bits per heavy atom. The molecule has 1 aliphatic heterocycles. The van der Waals surface area contributed by atoms with Crippen LogP contribution in [0.3, 0.4) is 0 Å². The van der Waals surface area contributed by atoms with E-state index in [1.807, 2.05) is 74.9 Å². The average Bonchev–Trinajstić information content (AvgIpc) is 3.52. The first-order chi connectivity index (χ1) is 17.4. The maximum atomic E-state index is 12.1. The molecule has 36 heavy (non-hydrogen) atoms. The van der Waals surface area contributed by atoms with Crippen molar-refractivity contribution in [2.75, 3.05) is 13.1 Å². The van der Waals surface area contributed by atoms with Crippen LogP contribution in [0.15, 0.2) is 53.3 Å². The molecule has 0 spiro atoms. The van der Waals surface area contributed by atoms with Crippen LogP contribution in [-0.4, -0.2) is 56.0 Å². The lowest BCUT2D eigenvalue weighted by atomic mass is 10.1. The minimum absolute atomic E-state index is 0.0486. The highest BCUT2D eigenvalue weighted by atomic mass is 16.6. The second kappa shape index (κ2) is 10.0. The Kier molecular flexibility index (Phi) is 6.63. The Balaban J connectivity index is 1.24. The molecule has 4 heterocycles. The number of hydrogen-bond acceptors (Lipinski definition) is 7. The summed E-state index contributed by atoms with van der Waals surface area (Å²) in [7, 11) is 0. The molecule has 1 aliphatic rings. The van der Waals surface area contributed by atoms with E-state index in [-0.39, 0.29) is 24.2 Å². The fourth-order valence-corrected chi connectivity index (χ4v) is 4.27. The second-order valence-corrected chi connectivity index (χ2v) is 9.66. The predicted molar refractivity (Wildman–Crippen MR) is 135 cm³/mol.